The molecule has 1 aromatic carbocycles. The van der Waals surface area contributed by atoms with E-state index in [-0.39, 0.29) is 19.1 Å². The van der Waals surface area contributed by atoms with Gasteiger partial charge in [0.15, 0.2) is 5.84 Å². The van der Waals surface area contributed by atoms with Crippen molar-refractivity contribution in [2.45, 2.75) is 76.2 Å². The molecule has 8 heteroatoms. The minimum absolute atomic E-state index is 0. The van der Waals surface area contributed by atoms with Crippen LogP contribution >= 0.6 is 0 Å². The Labute approximate surface area is 217 Å². The molecule has 2 bridgehead atoms. The van der Waals surface area contributed by atoms with Crippen molar-refractivity contribution in [1.29, 1.82) is 0 Å². The largest absolute Gasteiger partial charge is 0.485 e. The number of para-hydroxylation sites is 1. The van der Waals surface area contributed by atoms with Crippen molar-refractivity contribution in [3.63, 3.8) is 0 Å². The van der Waals surface area contributed by atoms with Crippen molar-refractivity contribution in [3.8, 4) is 5.75 Å². The molecule has 7 heterocycles. The van der Waals surface area contributed by atoms with Gasteiger partial charge >= 0.3 is 0 Å². The number of pyridine rings is 1. The fourth-order valence-electron chi connectivity index (χ4n) is 7.24. The van der Waals surface area contributed by atoms with Gasteiger partial charge in [0.05, 0.1) is 35.9 Å². The molecule has 0 saturated carbocycles. The fourth-order valence-corrected chi connectivity index (χ4v) is 7.24. The highest BCUT2D eigenvalue weighted by molar-refractivity contribution is 6.11. The van der Waals surface area contributed by atoms with Crippen LogP contribution in [0.5, 0.6) is 5.75 Å². The van der Waals surface area contributed by atoms with Crippen LogP contribution in [-0.2, 0) is 13.0 Å². The van der Waals surface area contributed by atoms with Crippen LogP contribution in [0.25, 0.3) is 0 Å². The quantitative estimate of drug-likeness (QED) is 0.541. The SMILES string of the molecule is C.N[C@@H]1c2ccccc2OC12C[C@H]1CC[C@@H](C2)N1c1cnc2c(n1)CN=C2N1CCCc2ncccc21. The van der Waals surface area contributed by atoms with E-state index in [2.05, 4.69) is 39.0 Å². The van der Waals surface area contributed by atoms with Gasteiger partial charge in [0.25, 0.3) is 0 Å². The lowest BCUT2D eigenvalue weighted by Crippen LogP contribution is -2.56. The number of fused-ring (bicyclic) bond motifs is 5. The van der Waals surface area contributed by atoms with Crippen molar-refractivity contribution < 1.29 is 4.74 Å². The summed E-state index contributed by atoms with van der Waals surface area (Å²) in [4.78, 5) is 24.3. The number of hydrogen-bond donors (Lipinski definition) is 1. The van der Waals surface area contributed by atoms with Crippen LogP contribution in [0.2, 0.25) is 0 Å². The maximum atomic E-state index is 6.79. The Kier molecular flexibility index (Phi) is 5.05. The Morgan fingerprint density at radius 1 is 1.00 bits per heavy atom. The minimum Gasteiger partial charge on any atom is -0.485 e. The summed E-state index contributed by atoms with van der Waals surface area (Å²) in [5.74, 6) is 2.85. The maximum absolute atomic E-state index is 6.79. The molecule has 8 rings (SSSR count). The van der Waals surface area contributed by atoms with E-state index in [0.29, 0.717) is 18.6 Å². The van der Waals surface area contributed by atoms with E-state index in [1.807, 2.05) is 24.5 Å². The summed E-state index contributed by atoms with van der Waals surface area (Å²) < 4.78 is 6.58. The van der Waals surface area contributed by atoms with Gasteiger partial charge in [-0.3, -0.25) is 9.98 Å². The lowest BCUT2D eigenvalue weighted by Gasteiger charge is -2.46. The topological polar surface area (TPSA) is 92.8 Å². The number of ether oxygens (including phenoxy) is 1. The summed E-state index contributed by atoms with van der Waals surface area (Å²) in [6.07, 6.45) is 10.0. The van der Waals surface area contributed by atoms with Crippen LogP contribution in [0.4, 0.5) is 11.5 Å². The lowest BCUT2D eigenvalue weighted by atomic mass is 9.79. The molecule has 8 nitrogen and oxygen atoms in total. The number of amidine groups is 1. The van der Waals surface area contributed by atoms with E-state index in [9.17, 15) is 0 Å². The zero-order valence-corrected chi connectivity index (χ0v) is 20.2. The molecule has 2 fully saturated rings. The Bertz CT molecular complexity index is 1390. The molecular formula is C29H33N7O. The number of hydrogen-bond acceptors (Lipinski definition) is 8. The lowest BCUT2D eigenvalue weighted by molar-refractivity contribution is 0.0272. The van der Waals surface area contributed by atoms with Gasteiger partial charge in [-0.2, -0.15) is 0 Å². The van der Waals surface area contributed by atoms with Crippen molar-refractivity contribution in [1.82, 2.24) is 15.0 Å². The molecule has 0 aliphatic carbocycles. The number of aliphatic imine (C=N–C) groups is 1. The third-order valence-electron chi connectivity index (χ3n) is 8.81. The Hall–Kier alpha value is -3.52. The van der Waals surface area contributed by atoms with E-state index in [1.165, 1.54) is 0 Å². The average Bonchev–Trinajstić information content (AvgIpc) is 3.54. The number of anilines is 2. The smallest absolute Gasteiger partial charge is 0.156 e. The molecule has 37 heavy (non-hydrogen) atoms. The number of nitrogens with zero attached hydrogens (tertiary/aromatic N) is 6. The molecule has 5 aliphatic rings. The number of aromatic nitrogens is 3. The first-order valence-corrected chi connectivity index (χ1v) is 13.1. The van der Waals surface area contributed by atoms with Gasteiger partial charge < -0.3 is 20.3 Å². The molecule has 2 aromatic heterocycles. The van der Waals surface area contributed by atoms with Gasteiger partial charge in [0, 0.05) is 43.2 Å². The van der Waals surface area contributed by atoms with Crippen molar-refractivity contribution >= 4 is 17.3 Å². The van der Waals surface area contributed by atoms with Crippen molar-refractivity contribution in [3.05, 3.63) is 71.4 Å². The molecule has 0 radical (unpaired) electrons. The second-order valence-corrected chi connectivity index (χ2v) is 10.8. The predicted octanol–water partition coefficient (Wildman–Crippen LogP) is 4.18. The Balaban J connectivity index is 0.00000231. The summed E-state index contributed by atoms with van der Waals surface area (Å²) in [6.45, 7) is 1.51. The summed E-state index contributed by atoms with van der Waals surface area (Å²) in [7, 11) is 0. The first-order valence-electron chi connectivity index (χ1n) is 13.1. The van der Waals surface area contributed by atoms with E-state index in [1.54, 1.807) is 0 Å². The van der Waals surface area contributed by atoms with Crippen LogP contribution in [0.3, 0.4) is 0 Å². The summed E-state index contributed by atoms with van der Waals surface area (Å²) in [5.41, 5.74) is 11.8. The molecule has 4 atom stereocenters. The van der Waals surface area contributed by atoms with E-state index in [0.717, 1.165) is 90.8 Å². The van der Waals surface area contributed by atoms with Crippen molar-refractivity contribution in [2.75, 3.05) is 16.3 Å². The fraction of sp³-hybridized carbons (Fsp3) is 0.448. The Morgan fingerprint density at radius 3 is 2.68 bits per heavy atom. The van der Waals surface area contributed by atoms with Gasteiger partial charge in [0.2, 0.25) is 0 Å². The minimum atomic E-state index is -0.317. The normalized spacial score (nSPS) is 28.8. The number of rotatable bonds is 1. The molecule has 3 aromatic rings. The molecule has 1 spiro atoms. The zero-order valence-electron chi connectivity index (χ0n) is 20.2. The van der Waals surface area contributed by atoms with E-state index >= 15 is 0 Å². The van der Waals surface area contributed by atoms with Gasteiger partial charge in [0.1, 0.15) is 22.9 Å². The third kappa shape index (κ3) is 3.24. The molecule has 2 saturated heterocycles. The highest BCUT2D eigenvalue weighted by Gasteiger charge is 2.56. The van der Waals surface area contributed by atoms with Crippen LogP contribution in [0.15, 0.2) is 53.8 Å². The molecular weight excluding hydrogens is 462 g/mol. The predicted molar refractivity (Wildman–Crippen MR) is 144 cm³/mol. The molecule has 2 N–H and O–H groups in total. The molecule has 5 aliphatic heterocycles. The van der Waals surface area contributed by atoms with Gasteiger partial charge in [-0.25, -0.2) is 9.97 Å². The van der Waals surface area contributed by atoms with Gasteiger partial charge in [-0.15, -0.1) is 0 Å². The zero-order chi connectivity index (χ0) is 23.9. The number of nitrogens with two attached hydrogens (primary N) is 1. The van der Waals surface area contributed by atoms with Gasteiger partial charge in [-0.1, -0.05) is 25.6 Å². The van der Waals surface area contributed by atoms with Crippen molar-refractivity contribution in [2.24, 2.45) is 10.7 Å². The highest BCUT2D eigenvalue weighted by Crippen LogP contribution is 2.53. The summed E-state index contributed by atoms with van der Waals surface area (Å²) >= 11 is 0. The van der Waals surface area contributed by atoms with Crippen LogP contribution < -0.4 is 20.3 Å². The van der Waals surface area contributed by atoms with Crippen LogP contribution in [-0.4, -0.2) is 45.0 Å². The first-order chi connectivity index (χ1) is 17.7. The molecule has 0 amide bonds. The van der Waals surface area contributed by atoms with E-state index in [4.69, 9.17) is 25.4 Å². The van der Waals surface area contributed by atoms with Crippen LogP contribution in [0.1, 0.15) is 68.2 Å². The second-order valence-electron chi connectivity index (χ2n) is 10.8. The molecule has 1 unspecified atom stereocenters. The van der Waals surface area contributed by atoms with E-state index < -0.39 is 0 Å². The summed E-state index contributed by atoms with van der Waals surface area (Å²) in [6, 6.07) is 13.0. The third-order valence-corrected chi connectivity index (χ3v) is 8.81. The number of benzene rings is 1. The van der Waals surface area contributed by atoms with Crippen LogP contribution in [0, 0.1) is 0 Å². The Morgan fingerprint density at radius 2 is 1.84 bits per heavy atom. The number of aryl methyl sites for hydroxylation is 1. The van der Waals surface area contributed by atoms with Gasteiger partial charge in [-0.05, 0) is 43.9 Å². The average molecular weight is 496 g/mol. The maximum Gasteiger partial charge on any atom is 0.156 e. The highest BCUT2D eigenvalue weighted by atomic mass is 16.5. The first kappa shape index (κ1) is 22.7. The molecule has 190 valence electrons. The monoisotopic (exact) mass is 495 g/mol. The second kappa shape index (κ2) is 8.25. The standard InChI is InChI=1S/C28H29N7O.CH4/c29-26-19-5-1-2-8-23(19)36-28(26)13-17-9-10-18(14-28)35(17)24-16-31-25-21(33-24)15-32-27(25)34-12-4-6-20-22(34)7-3-11-30-20;/h1-3,5,7-8,11,16-18,26H,4,6,9-10,12-15,29H2;1H4/t17-,18+,26-,28?;/m1./s1. The number of piperidine rings is 1. The summed E-state index contributed by atoms with van der Waals surface area (Å²) in [5, 5.41) is 0.